The van der Waals surface area contributed by atoms with E-state index >= 15 is 0 Å². The number of rotatable bonds is 2. The van der Waals surface area contributed by atoms with E-state index in [-0.39, 0.29) is 5.69 Å². The second-order valence-corrected chi connectivity index (χ2v) is 11.1. The molecule has 0 atom stereocenters. The predicted molar refractivity (Wildman–Crippen MR) is 170 cm³/mol. The smallest absolute Gasteiger partial charge is 0.296 e. The first-order chi connectivity index (χ1) is 20.2. The maximum absolute atomic E-state index is 13.6. The fourth-order valence-electron chi connectivity index (χ4n) is 7.08. The van der Waals surface area contributed by atoms with E-state index in [4.69, 9.17) is 4.98 Å². The highest BCUT2D eigenvalue weighted by molar-refractivity contribution is 6.27. The Morgan fingerprint density at radius 2 is 1.34 bits per heavy atom. The molecule has 8 aromatic rings. The summed E-state index contributed by atoms with van der Waals surface area (Å²) in [6.07, 6.45) is 3.95. The Balaban J connectivity index is 1.30. The lowest BCUT2D eigenvalue weighted by Crippen LogP contribution is -2.28. The van der Waals surface area contributed by atoms with Crippen molar-refractivity contribution in [2.75, 3.05) is 0 Å². The molecule has 2 heterocycles. The van der Waals surface area contributed by atoms with Gasteiger partial charge in [0.2, 0.25) is 0 Å². The van der Waals surface area contributed by atoms with Crippen LogP contribution in [0, 0.1) is 0 Å². The minimum absolute atomic E-state index is 0.0613. The number of hydrogen-bond acceptors (Lipinski definition) is 2. The zero-order valence-electron chi connectivity index (χ0n) is 22.6. The molecule has 0 saturated heterocycles. The molecule has 0 N–H and O–H groups in total. The summed E-state index contributed by atoms with van der Waals surface area (Å²) in [5, 5.41) is 7.68. The molecule has 41 heavy (non-hydrogen) atoms. The third kappa shape index (κ3) is 3.05. The van der Waals surface area contributed by atoms with E-state index in [1.54, 1.807) is 8.97 Å². The van der Waals surface area contributed by atoms with Crippen LogP contribution in [0.25, 0.3) is 71.8 Å². The van der Waals surface area contributed by atoms with E-state index in [0.717, 1.165) is 40.8 Å². The van der Waals surface area contributed by atoms with Crippen molar-refractivity contribution < 1.29 is 0 Å². The molecule has 0 amide bonds. The molecule has 1 aliphatic rings. The molecule has 194 valence electrons. The minimum atomic E-state index is -0.0613. The maximum Gasteiger partial charge on any atom is 0.334 e. The number of allylic oxidation sites excluding steroid dienone is 1. The Morgan fingerprint density at radius 1 is 0.683 bits per heavy atom. The van der Waals surface area contributed by atoms with Crippen LogP contribution in [0.15, 0.2) is 108 Å². The number of nitrogens with zero attached hydrogens (tertiary/aromatic N) is 3. The molecule has 4 nitrogen and oxygen atoms in total. The summed E-state index contributed by atoms with van der Waals surface area (Å²) < 4.78 is 3.56. The topological polar surface area (TPSA) is 39.3 Å². The lowest BCUT2D eigenvalue weighted by Gasteiger charge is -2.22. The van der Waals surface area contributed by atoms with Gasteiger partial charge >= 0.3 is 5.69 Å². The van der Waals surface area contributed by atoms with E-state index in [2.05, 4.69) is 84.9 Å². The van der Waals surface area contributed by atoms with Crippen LogP contribution < -0.4 is 5.69 Å². The number of benzene rings is 6. The summed E-state index contributed by atoms with van der Waals surface area (Å²) in [5.74, 6) is 0. The molecular formula is C37H25N3O. The molecule has 0 radical (unpaired) electrons. The van der Waals surface area contributed by atoms with Gasteiger partial charge in [-0.25, -0.2) is 14.2 Å². The third-order valence-electron chi connectivity index (χ3n) is 9.03. The number of para-hydroxylation sites is 2. The number of imidazole rings is 1. The van der Waals surface area contributed by atoms with Crippen LogP contribution in [-0.2, 0) is 13.5 Å². The normalized spacial score (nSPS) is 13.5. The Labute approximate surface area is 235 Å². The number of aromatic nitrogens is 3. The summed E-state index contributed by atoms with van der Waals surface area (Å²) >= 11 is 0. The Hall–Kier alpha value is -5.22. The van der Waals surface area contributed by atoms with Gasteiger partial charge in [0.05, 0.1) is 16.7 Å². The molecule has 1 aliphatic carbocycles. The average molecular weight is 528 g/mol. The molecule has 6 aromatic carbocycles. The van der Waals surface area contributed by atoms with Gasteiger partial charge in [-0.2, -0.15) is 0 Å². The molecule has 0 unspecified atom stereocenters. The van der Waals surface area contributed by atoms with Gasteiger partial charge in [0.25, 0.3) is 0 Å². The van der Waals surface area contributed by atoms with Gasteiger partial charge in [-0.1, -0.05) is 91.0 Å². The van der Waals surface area contributed by atoms with Crippen LogP contribution in [-0.4, -0.2) is 14.0 Å². The summed E-state index contributed by atoms with van der Waals surface area (Å²) in [4.78, 5) is 18.5. The van der Waals surface area contributed by atoms with Crippen molar-refractivity contribution in [3.8, 4) is 11.1 Å². The second kappa shape index (κ2) is 8.15. The second-order valence-electron chi connectivity index (χ2n) is 11.1. The highest BCUT2D eigenvalue weighted by Gasteiger charge is 2.23. The quantitative estimate of drug-likeness (QED) is 0.212. The number of aryl methyl sites for hydroxylation is 1. The number of hydrogen-bond donors (Lipinski definition) is 0. The van der Waals surface area contributed by atoms with Crippen LogP contribution in [0.2, 0.25) is 0 Å². The van der Waals surface area contributed by atoms with Crippen molar-refractivity contribution in [2.45, 2.75) is 12.8 Å². The van der Waals surface area contributed by atoms with E-state index < -0.39 is 0 Å². The van der Waals surface area contributed by atoms with E-state index in [1.807, 2.05) is 31.3 Å². The molecule has 0 fully saturated rings. The Kier molecular flexibility index (Phi) is 4.49. The minimum Gasteiger partial charge on any atom is -0.296 e. The van der Waals surface area contributed by atoms with Gasteiger partial charge in [0.15, 0.2) is 0 Å². The molecule has 0 saturated carbocycles. The van der Waals surface area contributed by atoms with Crippen molar-refractivity contribution in [3.63, 3.8) is 0 Å². The largest absolute Gasteiger partial charge is 0.334 e. The van der Waals surface area contributed by atoms with Crippen molar-refractivity contribution in [1.82, 2.24) is 14.0 Å². The summed E-state index contributed by atoms with van der Waals surface area (Å²) in [5.41, 5.74) is 9.52. The molecule has 0 bridgehead atoms. The first-order valence-corrected chi connectivity index (χ1v) is 14.1. The first kappa shape index (κ1) is 22.6. The lowest BCUT2D eigenvalue weighted by molar-refractivity contribution is 0.762. The predicted octanol–water partition coefficient (Wildman–Crippen LogP) is 8.24. The summed E-state index contributed by atoms with van der Waals surface area (Å²) in [6.45, 7) is 0. The van der Waals surface area contributed by atoms with Gasteiger partial charge in [0, 0.05) is 12.6 Å². The molecule has 9 rings (SSSR count). The van der Waals surface area contributed by atoms with Crippen LogP contribution >= 0.6 is 0 Å². The molecular weight excluding hydrogens is 502 g/mol. The SMILES string of the molecule is Cn1c2c(c3nc4ccccc4n3c1=O)CCC(c1ccc3ccc4c(-c5ccccc5)ccc5ccc1c3c54)=C2. The van der Waals surface area contributed by atoms with E-state index in [0.29, 0.717) is 0 Å². The Bertz CT molecular complexity index is 2440. The molecule has 0 spiro atoms. The number of fused-ring (bicyclic) bond motifs is 5. The van der Waals surface area contributed by atoms with Crippen LogP contribution in [0.1, 0.15) is 23.2 Å². The lowest BCUT2D eigenvalue weighted by atomic mass is 9.84. The van der Waals surface area contributed by atoms with Crippen LogP contribution in [0.4, 0.5) is 0 Å². The molecule has 0 aliphatic heterocycles. The zero-order valence-corrected chi connectivity index (χ0v) is 22.6. The summed E-state index contributed by atoms with van der Waals surface area (Å²) in [7, 11) is 1.88. The van der Waals surface area contributed by atoms with Crippen LogP contribution in [0.3, 0.4) is 0 Å². The van der Waals surface area contributed by atoms with Gasteiger partial charge in [-0.15, -0.1) is 0 Å². The van der Waals surface area contributed by atoms with Crippen LogP contribution in [0.5, 0.6) is 0 Å². The van der Waals surface area contributed by atoms with Crippen molar-refractivity contribution in [2.24, 2.45) is 7.05 Å². The van der Waals surface area contributed by atoms with Gasteiger partial charge in [-0.3, -0.25) is 4.57 Å². The standard InChI is InChI=1S/C37H25N3O/c1-39-33-21-25(15-20-30(33)36-38-31-9-5-6-10-32(31)40(36)37(39)41)27-17-12-24-13-18-28-26(22-7-3-2-4-8-22)16-11-23-14-19-29(27)35(24)34(23)28/h2-14,16-19,21H,15,20H2,1H3. The molecule has 4 heteroatoms. The van der Waals surface area contributed by atoms with Crippen molar-refractivity contribution >= 4 is 60.6 Å². The molecule has 2 aromatic heterocycles. The third-order valence-corrected chi connectivity index (χ3v) is 9.03. The van der Waals surface area contributed by atoms with E-state index in [1.165, 1.54) is 54.6 Å². The zero-order chi connectivity index (χ0) is 27.2. The summed E-state index contributed by atoms with van der Waals surface area (Å²) in [6, 6.07) is 36.6. The average Bonchev–Trinajstić information content (AvgIpc) is 3.42. The fraction of sp³-hybridized carbons (Fsp3) is 0.0811. The van der Waals surface area contributed by atoms with Gasteiger partial charge in [0.1, 0.15) is 5.65 Å². The highest BCUT2D eigenvalue weighted by Crippen LogP contribution is 2.43. The fourth-order valence-corrected chi connectivity index (χ4v) is 7.08. The Morgan fingerprint density at radius 3 is 2.12 bits per heavy atom. The monoisotopic (exact) mass is 527 g/mol. The van der Waals surface area contributed by atoms with Crippen molar-refractivity contribution in [3.05, 3.63) is 130 Å². The first-order valence-electron chi connectivity index (χ1n) is 14.1. The van der Waals surface area contributed by atoms with Crippen molar-refractivity contribution in [1.29, 1.82) is 0 Å². The van der Waals surface area contributed by atoms with Gasteiger partial charge in [-0.05, 0) is 85.6 Å². The van der Waals surface area contributed by atoms with Gasteiger partial charge < -0.3 is 0 Å². The highest BCUT2D eigenvalue weighted by atomic mass is 16.1. The maximum atomic E-state index is 13.6. The van der Waals surface area contributed by atoms with E-state index in [9.17, 15) is 4.79 Å².